The van der Waals surface area contributed by atoms with E-state index in [0.29, 0.717) is 28.7 Å². The number of fused-ring (bicyclic) bond motifs is 2. The van der Waals surface area contributed by atoms with Gasteiger partial charge in [-0.1, -0.05) is 0 Å². The average Bonchev–Trinajstić information content (AvgIpc) is 3.21. The molecule has 170 valence electrons. The Kier molecular flexibility index (Phi) is 5.37. The van der Waals surface area contributed by atoms with Gasteiger partial charge in [0.15, 0.2) is 11.5 Å². The zero-order valence-electron chi connectivity index (χ0n) is 18.2. The van der Waals surface area contributed by atoms with E-state index in [1.54, 1.807) is 18.5 Å². The fourth-order valence-electron chi connectivity index (χ4n) is 4.44. The van der Waals surface area contributed by atoms with E-state index < -0.39 is 18.4 Å². The van der Waals surface area contributed by atoms with Crippen LogP contribution in [0.2, 0.25) is 0 Å². The summed E-state index contributed by atoms with van der Waals surface area (Å²) in [6.45, 7) is 5.08. The van der Waals surface area contributed by atoms with Crippen LogP contribution in [-0.2, 0) is 6.67 Å². The van der Waals surface area contributed by atoms with E-state index in [1.807, 2.05) is 6.07 Å². The number of nitrogens with zero attached hydrogens (tertiary/aromatic N) is 5. The molecule has 1 amide bonds. The topological polar surface area (TPSA) is 87.5 Å². The Labute approximate surface area is 188 Å². The summed E-state index contributed by atoms with van der Waals surface area (Å²) in [5.41, 5.74) is 2.68. The number of carbonyl (C=O) groups excluding carboxylic acids is 1. The van der Waals surface area contributed by atoms with Crippen LogP contribution < -0.4 is 15.5 Å². The minimum Gasteiger partial charge on any atom is -0.367 e. The molecule has 2 unspecified atom stereocenters. The van der Waals surface area contributed by atoms with Crippen molar-refractivity contribution in [3.05, 3.63) is 60.1 Å². The van der Waals surface area contributed by atoms with E-state index in [4.69, 9.17) is 0 Å². The van der Waals surface area contributed by atoms with E-state index >= 15 is 0 Å². The van der Waals surface area contributed by atoms with Crippen molar-refractivity contribution >= 4 is 34.0 Å². The number of hydrogen-bond acceptors (Lipinski definition) is 6. The molecule has 10 heteroatoms. The van der Waals surface area contributed by atoms with Crippen molar-refractivity contribution in [1.29, 1.82) is 0 Å². The van der Waals surface area contributed by atoms with Crippen LogP contribution in [0.1, 0.15) is 29.9 Å². The van der Waals surface area contributed by atoms with Crippen molar-refractivity contribution in [3.63, 3.8) is 0 Å². The molecule has 1 saturated heterocycles. The largest absolute Gasteiger partial charge is 0.367 e. The molecule has 0 bridgehead atoms. The van der Waals surface area contributed by atoms with Crippen molar-refractivity contribution in [1.82, 2.24) is 24.7 Å². The molecule has 1 aliphatic heterocycles. The van der Waals surface area contributed by atoms with Crippen LogP contribution >= 0.6 is 0 Å². The first-order valence-corrected chi connectivity index (χ1v) is 10.7. The van der Waals surface area contributed by atoms with Gasteiger partial charge in [0.2, 0.25) is 0 Å². The lowest BCUT2D eigenvalue weighted by molar-refractivity contribution is 0.102. The number of anilines is 2. The Hall–Kier alpha value is -3.66. The third kappa shape index (κ3) is 3.97. The first-order chi connectivity index (χ1) is 15.9. The number of carbonyl (C=O) groups is 1. The number of halogens is 2. The smallest absolute Gasteiger partial charge is 0.257 e. The number of aromatic nitrogens is 4. The lowest BCUT2D eigenvalue weighted by Gasteiger charge is -2.38. The Bertz CT molecular complexity index is 1350. The Morgan fingerprint density at radius 1 is 1.15 bits per heavy atom. The maximum absolute atomic E-state index is 14.4. The summed E-state index contributed by atoms with van der Waals surface area (Å²) in [6.07, 6.45) is 6.03. The normalized spacial score (nSPS) is 18.7. The van der Waals surface area contributed by atoms with Gasteiger partial charge in [-0.05, 0) is 26.0 Å². The number of alkyl halides is 1. The number of rotatable bonds is 4. The van der Waals surface area contributed by atoms with Crippen LogP contribution in [0.3, 0.4) is 0 Å². The number of pyridine rings is 1. The van der Waals surface area contributed by atoms with Gasteiger partial charge in [0, 0.05) is 56.0 Å². The SMILES string of the molecule is CC1CN(c2ccc(C(=O)Nc3cc(F)c4nc(CF)cn4c3)c3nccnc23)CC(C)N1. The first-order valence-electron chi connectivity index (χ1n) is 10.7. The van der Waals surface area contributed by atoms with Crippen molar-refractivity contribution in [2.75, 3.05) is 23.3 Å². The summed E-state index contributed by atoms with van der Waals surface area (Å²) in [5.74, 6) is -1.10. The van der Waals surface area contributed by atoms with Crippen LogP contribution in [-0.4, -0.2) is 50.4 Å². The van der Waals surface area contributed by atoms with Crippen LogP contribution in [0.15, 0.2) is 43.0 Å². The molecule has 0 spiro atoms. The number of benzene rings is 1. The quantitative estimate of drug-likeness (QED) is 0.495. The van der Waals surface area contributed by atoms with E-state index in [9.17, 15) is 13.6 Å². The molecule has 8 nitrogen and oxygen atoms in total. The molecule has 2 atom stereocenters. The number of amides is 1. The second-order valence-corrected chi connectivity index (χ2v) is 8.39. The van der Waals surface area contributed by atoms with Crippen LogP contribution in [0.4, 0.5) is 20.2 Å². The second kappa shape index (κ2) is 8.36. The fraction of sp³-hybridized carbons (Fsp3) is 0.304. The van der Waals surface area contributed by atoms with Gasteiger partial charge in [0.1, 0.15) is 17.7 Å². The molecular formula is C23H23F2N7O. The lowest BCUT2D eigenvalue weighted by Crippen LogP contribution is -2.54. The maximum Gasteiger partial charge on any atom is 0.257 e. The Morgan fingerprint density at radius 3 is 2.61 bits per heavy atom. The average molecular weight is 451 g/mol. The Balaban J connectivity index is 1.49. The van der Waals surface area contributed by atoms with Gasteiger partial charge in [-0.2, -0.15) is 0 Å². The van der Waals surface area contributed by atoms with Crippen LogP contribution in [0, 0.1) is 5.82 Å². The predicted molar refractivity (Wildman–Crippen MR) is 122 cm³/mol. The molecule has 1 fully saturated rings. The van der Waals surface area contributed by atoms with Gasteiger partial charge in [0.05, 0.1) is 22.6 Å². The zero-order valence-corrected chi connectivity index (χ0v) is 18.2. The fourth-order valence-corrected chi connectivity index (χ4v) is 4.44. The van der Waals surface area contributed by atoms with Crippen LogP contribution in [0.25, 0.3) is 16.7 Å². The Morgan fingerprint density at radius 2 is 1.88 bits per heavy atom. The molecule has 3 aromatic heterocycles. The molecule has 33 heavy (non-hydrogen) atoms. The number of hydrogen-bond donors (Lipinski definition) is 2. The van der Waals surface area contributed by atoms with E-state index in [-0.39, 0.29) is 17.0 Å². The van der Waals surface area contributed by atoms with E-state index in [1.165, 1.54) is 16.8 Å². The highest BCUT2D eigenvalue weighted by atomic mass is 19.1. The lowest BCUT2D eigenvalue weighted by atomic mass is 10.1. The number of piperazine rings is 1. The van der Waals surface area contributed by atoms with Crippen molar-refractivity contribution in [2.45, 2.75) is 32.6 Å². The molecule has 1 aromatic carbocycles. The molecule has 0 radical (unpaired) electrons. The molecule has 0 aliphatic carbocycles. The summed E-state index contributed by atoms with van der Waals surface area (Å²) in [4.78, 5) is 28.2. The van der Waals surface area contributed by atoms with Crippen molar-refractivity contribution < 1.29 is 13.6 Å². The monoisotopic (exact) mass is 451 g/mol. The molecule has 1 aliphatic rings. The molecule has 4 aromatic rings. The first kappa shape index (κ1) is 21.2. The summed E-state index contributed by atoms with van der Waals surface area (Å²) < 4.78 is 28.7. The third-order valence-corrected chi connectivity index (χ3v) is 5.70. The van der Waals surface area contributed by atoms with Gasteiger partial charge in [0.25, 0.3) is 5.91 Å². The molecule has 2 N–H and O–H groups in total. The van der Waals surface area contributed by atoms with E-state index in [0.717, 1.165) is 24.8 Å². The van der Waals surface area contributed by atoms with Gasteiger partial charge in [-0.15, -0.1) is 0 Å². The highest BCUT2D eigenvalue weighted by molar-refractivity contribution is 6.13. The minimum atomic E-state index is -0.801. The zero-order chi connectivity index (χ0) is 23.1. The second-order valence-electron chi connectivity index (χ2n) is 8.39. The standard InChI is InChI=1S/C23H23F2N7O/c1-13-9-31(10-14(2)28-13)19-4-3-17(20-21(19)27-6-5-26-20)23(33)30-15-7-18(25)22-29-16(8-24)12-32(22)11-15/h3-7,11-14,28H,8-10H2,1-2H3,(H,30,33). The summed E-state index contributed by atoms with van der Waals surface area (Å²) in [6, 6.07) is 5.38. The molecular weight excluding hydrogens is 428 g/mol. The highest BCUT2D eigenvalue weighted by Gasteiger charge is 2.24. The summed E-state index contributed by atoms with van der Waals surface area (Å²) >= 11 is 0. The summed E-state index contributed by atoms with van der Waals surface area (Å²) in [5, 5.41) is 6.22. The maximum atomic E-state index is 14.4. The highest BCUT2D eigenvalue weighted by Crippen LogP contribution is 2.29. The molecule has 4 heterocycles. The summed E-state index contributed by atoms with van der Waals surface area (Å²) in [7, 11) is 0. The number of nitrogens with one attached hydrogen (secondary N) is 2. The van der Waals surface area contributed by atoms with Gasteiger partial charge in [-0.25, -0.2) is 13.8 Å². The van der Waals surface area contributed by atoms with E-state index in [2.05, 4.69) is 44.3 Å². The third-order valence-electron chi connectivity index (χ3n) is 5.70. The predicted octanol–water partition coefficient (Wildman–Crippen LogP) is 3.33. The van der Waals surface area contributed by atoms with Crippen molar-refractivity contribution in [2.24, 2.45) is 0 Å². The molecule has 0 saturated carbocycles. The van der Waals surface area contributed by atoms with Gasteiger partial charge < -0.3 is 19.9 Å². The van der Waals surface area contributed by atoms with Gasteiger partial charge >= 0.3 is 0 Å². The number of imidazole rings is 1. The molecule has 5 rings (SSSR count). The minimum absolute atomic E-state index is 0.000737. The van der Waals surface area contributed by atoms with Crippen LogP contribution in [0.5, 0.6) is 0 Å². The van der Waals surface area contributed by atoms with Gasteiger partial charge in [-0.3, -0.25) is 14.8 Å². The van der Waals surface area contributed by atoms with Crippen molar-refractivity contribution in [3.8, 4) is 0 Å².